The van der Waals surface area contributed by atoms with E-state index in [-0.39, 0.29) is 0 Å². The van der Waals surface area contributed by atoms with Crippen LogP contribution in [0.3, 0.4) is 0 Å². The van der Waals surface area contributed by atoms with Crippen LogP contribution in [0.2, 0.25) is 0 Å². The van der Waals surface area contributed by atoms with Crippen molar-refractivity contribution in [2.75, 3.05) is 19.1 Å². The van der Waals surface area contributed by atoms with E-state index in [4.69, 9.17) is 14.2 Å². The first-order chi connectivity index (χ1) is 10.1. The van der Waals surface area contributed by atoms with E-state index in [1.807, 2.05) is 19.1 Å². The summed E-state index contributed by atoms with van der Waals surface area (Å²) < 4.78 is 19.4. The van der Waals surface area contributed by atoms with Crippen LogP contribution in [-0.2, 0) is 18.9 Å². The predicted molar refractivity (Wildman–Crippen MR) is 73.5 cm³/mol. The molecule has 0 aliphatic carbocycles. The fourth-order valence-corrected chi connectivity index (χ4v) is 1.85. The van der Waals surface area contributed by atoms with E-state index < -0.39 is 18.7 Å². The molecule has 0 bridgehead atoms. The number of amides is 1. The van der Waals surface area contributed by atoms with E-state index in [9.17, 15) is 9.59 Å². The lowest BCUT2D eigenvalue weighted by molar-refractivity contribution is -0.0795. The third kappa shape index (κ3) is 3.07. The molecule has 1 unspecified atom stereocenters. The summed E-state index contributed by atoms with van der Waals surface area (Å²) in [5.41, 5.74) is 2.15. The monoisotopic (exact) mass is 293 g/mol. The zero-order valence-corrected chi connectivity index (χ0v) is 11.9. The minimum atomic E-state index is -1.32. The Balaban J connectivity index is 2.45. The van der Waals surface area contributed by atoms with Gasteiger partial charge in [-0.05, 0) is 24.6 Å². The highest BCUT2D eigenvalue weighted by molar-refractivity contribution is 5.91. The number of methoxy groups -OCH3 is 2. The fourth-order valence-electron chi connectivity index (χ4n) is 1.85. The van der Waals surface area contributed by atoms with Gasteiger partial charge in [-0.1, -0.05) is 12.1 Å². The number of ether oxygens (including phenoxy) is 4. The average molecular weight is 293 g/mol. The van der Waals surface area contributed by atoms with Crippen LogP contribution in [0.1, 0.15) is 11.1 Å². The number of rotatable bonds is 1. The van der Waals surface area contributed by atoms with Crippen LogP contribution in [-0.4, -0.2) is 32.9 Å². The predicted octanol–water partition coefficient (Wildman–Crippen LogP) is 2.64. The molecule has 0 spiro atoms. The average Bonchev–Trinajstić information content (AvgIpc) is 2.65. The van der Waals surface area contributed by atoms with Gasteiger partial charge >= 0.3 is 18.7 Å². The first-order valence-corrected chi connectivity index (χ1v) is 6.11. The summed E-state index contributed by atoms with van der Waals surface area (Å²) in [6.07, 6.45) is -0.0159. The van der Waals surface area contributed by atoms with Gasteiger partial charge in [-0.25, -0.2) is 14.5 Å². The third-order valence-electron chi connectivity index (χ3n) is 2.83. The zero-order chi connectivity index (χ0) is 15.4. The van der Waals surface area contributed by atoms with Gasteiger partial charge in [0.2, 0.25) is 0 Å². The van der Waals surface area contributed by atoms with Crippen LogP contribution in [0, 0.1) is 6.92 Å². The fraction of sp³-hybridized carbons (Fsp3) is 0.286. The molecular formula is C14H15NO6. The molecule has 1 aromatic rings. The maximum absolute atomic E-state index is 12.0. The van der Waals surface area contributed by atoms with Crippen molar-refractivity contribution in [3.05, 3.63) is 35.6 Å². The Kier molecular flexibility index (Phi) is 4.32. The quantitative estimate of drug-likeness (QED) is 0.741. The number of fused-ring (bicyclic) bond motifs is 1. The van der Waals surface area contributed by atoms with Gasteiger partial charge in [0.05, 0.1) is 26.2 Å². The van der Waals surface area contributed by atoms with Crippen molar-refractivity contribution in [3.8, 4) is 0 Å². The van der Waals surface area contributed by atoms with E-state index in [2.05, 4.69) is 4.74 Å². The van der Waals surface area contributed by atoms with Gasteiger partial charge < -0.3 is 18.9 Å². The van der Waals surface area contributed by atoms with E-state index in [1.165, 1.54) is 13.4 Å². The largest absolute Gasteiger partial charge is 0.512 e. The summed E-state index contributed by atoms with van der Waals surface area (Å²) in [5, 5.41) is 0. The van der Waals surface area contributed by atoms with Crippen LogP contribution in [0.25, 0.3) is 6.08 Å². The molecule has 112 valence electrons. The Hall–Kier alpha value is -2.70. The van der Waals surface area contributed by atoms with Crippen molar-refractivity contribution < 1.29 is 28.5 Å². The summed E-state index contributed by atoms with van der Waals surface area (Å²) in [6.45, 7) is 1.88. The number of hydrogen-bond acceptors (Lipinski definition) is 6. The molecule has 21 heavy (non-hydrogen) atoms. The molecular weight excluding hydrogens is 278 g/mol. The summed E-state index contributed by atoms with van der Waals surface area (Å²) >= 11 is 0. The maximum atomic E-state index is 12.0. The first kappa shape index (κ1) is 14.7. The van der Waals surface area contributed by atoms with E-state index >= 15 is 0 Å². The van der Waals surface area contributed by atoms with Crippen molar-refractivity contribution >= 4 is 24.0 Å². The van der Waals surface area contributed by atoms with Crippen molar-refractivity contribution in [2.24, 2.45) is 0 Å². The molecule has 0 radical (unpaired) electrons. The molecule has 7 nitrogen and oxygen atoms in total. The van der Waals surface area contributed by atoms with E-state index in [1.54, 1.807) is 12.1 Å². The lowest BCUT2D eigenvalue weighted by Gasteiger charge is -2.27. The number of aryl methyl sites for hydroxylation is 1. The molecule has 2 rings (SSSR count). The van der Waals surface area contributed by atoms with Gasteiger partial charge in [0, 0.05) is 5.56 Å². The normalized spacial score (nSPS) is 16.3. The van der Waals surface area contributed by atoms with Gasteiger partial charge in [-0.2, -0.15) is 0 Å². The number of carbonyl (C=O) groups is 2. The molecule has 0 fully saturated rings. The van der Waals surface area contributed by atoms with Crippen LogP contribution < -0.4 is 4.90 Å². The lowest BCUT2D eigenvalue weighted by atomic mass is 10.1. The van der Waals surface area contributed by atoms with Gasteiger partial charge in [-0.15, -0.1) is 0 Å². The summed E-state index contributed by atoms with van der Waals surface area (Å²) in [6, 6.07) is 5.47. The van der Waals surface area contributed by atoms with Crippen LogP contribution in [0.5, 0.6) is 0 Å². The molecule has 0 saturated heterocycles. The van der Waals surface area contributed by atoms with E-state index in [0.717, 1.165) is 23.1 Å². The SMILES string of the molecule is COC(=O)OC1OC=Cc2ccc(C)cc2N1C(=O)OC. The second-order valence-electron chi connectivity index (χ2n) is 4.22. The molecule has 0 aromatic heterocycles. The number of nitrogens with zero attached hydrogens (tertiary/aromatic N) is 1. The Morgan fingerprint density at radius 3 is 2.67 bits per heavy atom. The number of hydrogen-bond donors (Lipinski definition) is 0. The smallest absolute Gasteiger partial charge is 0.452 e. The van der Waals surface area contributed by atoms with Crippen molar-refractivity contribution in [1.29, 1.82) is 0 Å². The summed E-state index contributed by atoms with van der Waals surface area (Å²) in [4.78, 5) is 24.4. The minimum Gasteiger partial charge on any atom is -0.452 e. The molecule has 1 amide bonds. The molecule has 0 saturated carbocycles. The summed E-state index contributed by atoms with van der Waals surface area (Å²) in [5.74, 6) is 0. The molecule has 1 aliphatic rings. The highest BCUT2D eigenvalue weighted by Gasteiger charge is 2.33. The second-order valence-corrected chi connectivity index (χ2v) is 4.22. The third-order valence-corrected chi connectivity index (χ3v) is 2.83. The summed E-state index contributed by atoms with van der Waals surface area (Å²) in [7, 11) is 2.39. The Labute approximate surface area is 121 Å². The minimum absolute atomic E-state index is 0.504. The molecule has 1 aromatic carbocycles. The standard InChI is InChI=1S/C14H15NO6/c1-9-4-5-10-6-7-20-13(21-14(17)19-3)15(11(10)8-9)12(16)18-2/h4-8,13H,1-3H3. The van der Waals surface area contributed by atoms with Crippen LogP contribution in [0.4, 0.5) is 15.3 Å². The van der Waals surface area contributed by atoms with Gasteiger partial charge in [-0.3, -0.25) is 0 Å². The molecule has 0 N–H and O–H groups in total. The van der Waals surface area contributed by atoms with E-state index in [0.29, 0.717) is 5.69 Å². The van der Waals surface area contributed by atoms with Crippen LogP contribution in [0.15, 0.2) is 24.5 Å². The first-order valence-electron chi connectivity index (χ1n) is 6.11. The number of carbonyl (C=O) groups excluding carboxylic acids is 2. The molecule has 7 heteroatoms. The van der Waals surface area contributed by atoms with Crippen molar-refractivity contribution in [2.45, 2.75) is 13.3 Å². The topological polar surface area (TPSA) is 74.3 Å². The van der Waals surface area contributed by atoms with Crippen molar-refractivity contribution in [1.82, 2.24) is 0 Å². The molecule has 1 aliphatic heterocycles. The van der Waals surface area contributed by atoms with Gasteiger partial charge in [0.25, 0.3) is 0 Å². The number of benzene rings is 1. The Bertz CT molecular complexity index is 583. The highest BCUT2D eigenvalue weighted by Crippen LogP contribution is 2.29. The Morgan fingerprint density at radius 1 is 1.24 bits per heavy atom. The lowest BCUT2D eigenvalue weighted by Crippen LogP contribution is -2.44. The molecule has 1 heterocycles. The van der Waals surface area contributed by atoms with Gasteiger partial charge in [0.1, 0.15) is 0 Å². The number of anilines is 1. The van der Waals surface area contributed by atoms with Gasteiger partial charge in [0.15, 0.2) is 0 Å². The second kappa shape index (κ2) is 6.17. The van der Waals surface area contributed by atoms with Crippen LogP contribution >= 0.6 is 0 Å². The highest BCUT2D eigenvalue weighted by atomic mass is 16.8. The van der Waals surface area contributed by atoms with Crippen molar-refractivity contribution in [3.63, 3.8) is 0 Å². The zero-order valence-electron chi connectivity index (χ0n) is 11.9. The molecule has 1 atom stereocenters. The Morgan fingerprint density at radius 2 is 2.00 bits per heavy atom. The maximum Gasteiger partial charge on any atom is 0.512 e.